The quantitative estimate of drug-likeness (QED) is 0.378. The fourth-order valence-corrected chi connectivity index (χ4v) is 5.63. The number of nitrogens with two attached hydrogens (primary N) is 1. The van der Waals surface area contributed by atoms with Gasteiger partial charge in [0.15, 0.2) is 0 Å². The molecule has 0 aliphatic carbocycles. The second-order valence-electron chi connectivity index (χ2n) is 10.6. The van der Waals surface area contributed by atoms with E-state index in [2.05, 4.69) is 27.3 Å². The third-order valence-corrected chi connectivity index (χ3v) is 7.41. The Morgan fingerprint density at radius 1 is 1.32 bits per heavy atom. The van der Waals surface area contributed by atoms with Crippen molar-refractivity contribution in [3.63, 3.8) is 0 Å². The highest BCUT2D eigenvalue weighted by molar-refractivity contribution is 9.10. The molecule has 3 rings (SSSR count). The number of ether oxygens (including phenoxy) is 1. The molecule has 1 fully saturated rings. The van der Waals surface area contributed by atoms with Gasteiger partial charge in [-0.05, 0) is 51.5 Å². The molecule has 1 aliphatic heterocycles. The average molecular weight is 613 g/mol. The number of nitrogens with zero attached hydrogens (tertiary/aromatic N) is 1. The summed E-state index contributed by atoms with van der Waals surface area (Å²) in [6.45, 7) is 5.23. The highest BCUT2D eigenvalue weighted by atomic mass is 79.9. The lowest BCUT2D eigenvalue weighted by Gasteiger charge is -2.37. The molecule has 38 heavy (non-hydrogen) atoms. The van der Waals surface area contributed by atoms with Gasteiger partial charge in [0.05, 0.1) is 23.1 Å². The Balaban J connectivity index is 2.23. The molecule has 4 N–H and O–H groups in total. The lowest BCUT2D eigenvalue weighted by Crippen LogP contribution is -2.44. The lowest BCUT2D eigenvalue weighted by atomic mass is 9.62. The summed E-state index contributed by atoms with van der Waals surface area (Å²) in [5.74, 6) is -4.41. The maximum Gasteiger partial charge on any atom is 0.323 e. The fraction of sp³-hybridized carbons (Fsp3) is 0.444. The highest BCUT2D eigenvalue weighted by Gasteiger charge is 2.61. The first kappa shape index (κ1) is 30.0. The molecular formula is C27H29BrClF2N3O4. The van der Waals surface area contributed by atoms with E-state index in [4.69, 9.17) is 22.1 Å². The van der Waals surface area contributed by atoms with Crippen LogP contribution in [0.1, 0.15) is 50.7 Å². The number of benzene rings is 2. The monoisotopic (exact) mass is 611 g/mol. The Labute approximate surface area is 233 Å². The van der Waals surface area contributed by atoms with E-state index in [1.165, 1.54) is 24.3 Å². The van der Waals surface area contributed by atoms with Crippen LogP contribution in [-0.4, -0.2) is 41.8 Å². The smallest absolute Gasteiger partial charge is 0.323 e. The van der Waals surface area contributed by atoms with E-state index in [9.17, 15) is 20.0 Å². The lowest BCUT2D eigenvalue weighted by molar-refractivity contribution is -0.150. The molecule has 1 aliphatic rings. The van der Waals surface area contributed by atoms with Gasteiger partial charge < -0.3 is 15.6 Å². The first-order chi connectivity index (χ1) is 17.7. The van der Waals surface area contributed by atoms with Gasteiger partial charge in [0.2, 0.25) is 5.91 Å². The van der Waals surface area contributed by atoms with Crippen LogP contribution in [-0.2, 0) is 19.7 Å². The summed E-state index contributed by atoms with van der Waals surface area (Å²) in [5.41, 5.74) is 2.89. The summed E-state index contributed by atoms with van der Waals surface area (Å²) >= 11 is 9.17. The van der Waals surface area contributed by atoms with Crippen molar-refractivity contribution in [1.29, 1.82) is 5.26 Å². The first-order valence-corrected chi connectivity index (χ1v) is 13.1. The normalized spacial score (nSPS) is 24.0. The largest absolute Gasteiger partial charge is 0.462 e. The minimum absolute atomic E-state index is 0.00109. The van der Waals surface area contributed by atoms with E-state index < -0.39 is 66.1 Å². The van der Waals surface area contributed by atoms with Crippen LogP contribution in [0, 0.1) is 28.4 Å². The topological polar surface area (TPSA) is 125 Å². The van der Waals surface area contributed by atoms with Crippen LogP contribution in [0.25, 0.3) is 0 Å². The zero-order valence-electron chi connectivity index (χ0n) is 21.1. The number of carbonyl (C=O) groups excluding carboxylic acids is 2. The predicted molar refractivity (Wildman–Crippen MR) is 141 cm³/mol. The molecule has 0 unspecified atom stereocenters. The van der Waals surface area contributed by atoms with Gasteiger partial charge in [-0.15, -0.1) is 0 Å². The minimum Gasteiger partial charge on any atom is -0.462 e. The molecule has 1 heterocycles. The number of hydrogen-bond acceptors (Lipinski definition) is 6. The molecule has 0 radical (unpaired) electrons. The fourth-order valence-electron chi connectivity index (χ4n) is 5.09. The van der Waals surface area contributed by atoms with Crippen molar-refractivity contribution >= 4 is 39.4 Å². The number of primary amides is 1. The number of carbonyl (C=O) groups is 2. The van der Waals surface area contributed by atoms with Crippen LogP contribution in [0.2, 0.25) is 5.02 Å². The van der Waals surface area contributed by atoms with Crippen LogP contribution in [0.5, 0.6) is 0 Å². The molecule has 0 aromatic heterocycles. The van der Waals surface area contributed by atoms with Gasteiger partial charge in [0, 0.05) is 22.5 Å². The molecule has 0 bridgehead atoms. The van der Waals surface area contributed by atoms with E-state index in [-0.39, 0.29) is 26.0 Å². The second-order valence-corrected chi connectivity index (χ2v) is 11.9. The highest BCUT2D eigenvalue weighted by Crippen LogP contribution is 2.52. The Morgan fingerprint density at radius 3 is 2.58 bits per heavy atom. The molecule has 5 atom stereocenters. The van der Waals surface area contributed by atoms with Crippen molar-refractivity contribution in [1.82, 2.24) is 5.32 Å². The van der Waals surface area contributed by atoms with Crippen molar-refractivity contribution in [2.45, 2.75) is 63.1 Å². The van der Waals surface area contributed by atoms with Crippen LogP contribution in [0.15, 0.2) is 40.9 Å². The van der Waals surface area contributed by atoms with Gasteiger partial charge in [0.1, 0.15) is 29.7 Å². The number of nitriles is 1. The summed E-state index contributed by atoms with van der Waals surface area (Å²) in [4.78, 5) is 24.5. The molecule has 0 saturated carbocycles. The summed E-state index contributed by atoms with van der Waals surface area (Å²) < 4.78 is 36.6. The molecule has 1 amide bonds. The average Bonchev–Trinajstić information content (AvgIpc) is 3.11. The standard InChI is InChI=1S/C27H29BrClF2N3O4/c1-26(2,3)11-20-27(13-32,17-8-7-14(29)9-19(17)30)22(16-5-4-6-18(28)23(16)31)24(34-20)25(37)38-12-15(35)10-21(33)36/h4-9,15,20,22,24,34-35H,10-12H2,1-3H3,(H2,33,36)/t15-,20+,22+,24-,27+/m0/s1. The van der Waals surface area contributed by atoms with E-state index >= 15 is 8.78 Å². The van der Waals surface area contributed by atoms with Crippen molar-refractivity contribution < 1.29 is 28.2 Å². The molecule has 11 heteroatoms. The third-order valence-electron chi connectivity index (χ3n) is 6.56. The molecule has 2 aromatic rings. The maximum absolute atomic E-state index is 15.6. The number of halogens is 4. The maximum atomic E-state index is 15.6. The number of hydrogen-bond donors (Lipinski definition) is 3. The predicted octanol–water partition coefficient (Wildman–Crippen LogP) is 4.48. The third kappa shape index (κ3) is 6.18. The van der Waals surface area contributed by atoms with E-state index in [0.717, 1.165) is 6.07 Å². The molecule has 0 spiro atoms. The SMILES string of the molecule is CC(C)(C)C[C@H]1N[C@H](C(=O)OC[C@@H](O)CC(N)=O)[C@@H](c2cccc(Br)c2F)[C@]1(C#N)c1ccc(Cl)cc1F. The Hall–Kier alpha value is -2.58. The van der Waals surface area contributed by atoms with Crippen molar-refractivity contribution in [3.05, 3.63) is 68.7 Å². The zero-order chi connectivity index (χ0) is 28.4. The zero-order valence-corrected chi connectivity index (χ0v) is 23.4. The van der Waals surface area contributed by atoms with Crippen LogP contribution < -0.4 is 11.1 Å². The molecule has 204 valence electrons. The van der Waals surface area contributed by atoms with Gasteiger partial charge in [0.25, 0.3) is 0 Å². The van der Waals surface area contributed by atoms with Crippen molar-refractivity contribution in [2.75, 3.05) is 6.61 Å². The van der Waals surface area contributed by atoms with E-state index in [1.807, 2.05) is 20.8 Å². The first-order valence-electron chi connectivity index (χ1n) is 11.9. The number of aliphatic hydroxyl groups is 1. The molecule has 7 nitrogen and oxygen atoms in total. The number of aliphatic hydroxyl groups excluding tert-OH is 1. The van der Waals surface area contributed by atoms with Gasteiger partial charge in [-0.2, -0.15) is 5.26 Å². The number of amides is 1. The summed E-state index contributed by atoms with van der Waals surface area (Å²) in [6, 6.07) is 8.48. The van der Waals surface area contributed by atoms with Gasteiger partial charge in [-0.3, -0.25) is 14.9 Å². The van der Waals surface area contributed by atoms with Gasteiger partial charge in [-0.25, -0.2) is 8.78 Å². The molecule has 1 saturated heterocycles. The molecule has 2 aromatic carbocycles. The van der Waals surface area contributed by atoms with Crippen LogP contribution in [0.4, 0.5) is 8.78 Å². The summed E-state index contributed by atoms with van der Waals surface area (Å²) in [7, 11) is 0. The van der Waals surface area contributed by atoms with Crippen molar-refractivity contribution in [2.24, 2.45) is 11.1 Å². The summed E-state index contributed by atoms with van der Waals surface area (Å²) in [5, 5.41) is 24.0. The summed E-state index contributed by atoms with van der Waals surface area (Å²) in [6.07, 6.45) is -1.47. The van der Waals surface area contributed by atoms with E-state index in [0.29, 0.717) is 6.42 Å². The number of rotatable bonds is 8. The van der Waals surface area contributed by atoms with E-state index in [1.54, 1.807) is 6.07 Å². The molecular weight excluding hydrogens is 584 g/mol. The van der Waals surface area contributed by atoms with Gasteiger partial charge >= 0.3 is 5.97 Å². The minimum atomic E-state index is -1.76. The van der Waals surface area contributed by atoms with Crippen LogP contribution >= 0.6 is 27.5 Å². The number of esters is 1. The van der Waals surface area contributed by atoms with Gasteiger partial charge in [-0.1, -0.05) is 50.6 Å². The second kappa shape index (κ2) is 11.7. The number of nitrogens with one attached hydrogen (secondary N) is 1. The van der Waals surface area contributed by atoms with Crippen molar-refractivity contribution in [3.8, 4) is 6.07 Å². The Morgan fingerprint density at radius 2 is 2.00 bits per heavy atom. The Bertz CT molecular complexity index is 1270. The van der Waals surface area contributed by atoms with Crippen LogP contribution in [0.3, 0.4) is 0 Å². The Kier molecular flexibility index (Phi) is 9.20.